The number of carbonyl (C=O) groups excluding carboxylic acids is 2. The van der Waals surface area contributed by atoms with Crippen molar-refractivity contribution in [3.63, 3.8) is 0 Å². The van der Waals surface area contributed by atoms with Gasteiger partial charge in [-0.25, -0.2) is 4.99 Å². The third-order valence-corrected chi connectivity index (χ3v) is 5.83. The number of esters is 1. The van der Waals surface area contributed by atoms with Crippen molar-refractivity contribution in [2.45, 2.75) is 12.7 Å². The Labute approximate surface area is 164 Å². The van der Waals surface area contributed by atoms with Crippen molar-refractivity contribution in [3.8, 4) is 5.75 Å². The van der Waals surface area contributed by atoms with Gasteiger partial charge in [0.05, 0.1) is 5.02 Å². The van der Waals surface area contributed by atoms with Gasteiger partial charge in [-0.1, -0.05) is 65.8 Å². The first-order valence-corrected chi connectivity index (χ1v) is 9.87. The van der Waals surface area contributed by atoms with Crippen LogP contribution in [-0.2, 0) is 15.3 Å². The lowest BCUT2D eigenvalue weighted by Crippen LogP contribution is -2.02. The van der Waals surface area contributed by atoms with E-state index < -0.39 is 5.97 Å². The minimum absolute atomic E-state index is 0.130. The number of ether oxygens (including phenoxy) is 1. The fourth-order valence-corrected chi connectivity index (χ4v) is 4.21. The molecule has 1 heterocycles. The molecule has 26 heavy (non-hydrogen) atoms. The average Bonchev–Trinajstić information content (AvgIpc) is 2.97. The van der Waals surface area contributed by atoms with Crippen molar-refractivity contribution in [1.29, 1.82) is 0 Å². The summed E-state index contributed by atoms with van der Waals surface area (Å²) in [6.07, 6.45) is 1.61. The van der Waals surface area contributed by atoms with Crippen molar-refractivity contribution in [2.24, 2.45) is 4.99 Å². The molecule has 1 aliphatic heterocycles. The minimum Gasteiger partial charge on any atom is -0.425 e. The highest BCUT2D eigenvalue weighted by Crippen LogP contribution is 2.35. The number of rotatable bonds is 4. The van der Waals surface area contributed by atoms with Gasteiger partial charge in [-0.2, -0.15) is 0 Å². The highest BCUT2D eigenvalue weighted by molar-refractivity contribution is 8.45. The van der Waals surface area contributed by atoms with Crippen LogP contribution in [0, 0.1) is 0 Å². The normalized spacial score (nSPS) is 15.2. The standard InChI is InChI=1S/C19H14ClNO3S2/c1-12(22)24-16-9-5-8-14(17(16)20)10-15-18(23)26-19(21-15)25-11-13-6-3-2-4-7-13/h2-10H,11H2,1H3/b15-10+. The molecule has 0 saturated carbocycles. The summed E-state index contributed by atoms with van der Waals surface area (Å²) in [5.41, 5.74) is 2.07. The Morgan fingerprint density at radius 2 is 2.00 bits per heavy atom. The van der Waals surface area contributed by atoms with Crippen LogP contribution in [0.3, 0.4) is 0 Å². The zero-order chi connectivity index (χ0) is 18.5. The summed E-state index contributed by atoms with van der Waals surface area (Å²) in [6, 6.07) is 15.0. The Morgan fingerprint density at radius 1 is 1.23 bits per heavy atom. The van der Waals surface area contributed by atoms with Crippen LogP contribution in [0.5, 0.6) is 5.75 Å². The molecular formula is C19H14ClNO3S2. The maximum absolute atomic E-state index is 12.2. The van der Waals surface area contributed by atoms with E-state index in [1.54, 1.807) is 24.3 Å². The number of benzene rings is 2. The summed E-state index contributed by atoms with van der Waals surface area (Å²) < 4.78 is 5.76. The van der Waals surface area contributed by atoms with Crippen molar-refractivity contribution >= 4 is 56.7 Å². The van der Waals surface area contributed by atoms with Gasteiger partial charge in [-0.3, -0.25) is 9.59 Å². The summed E-state index contributed by atoms with van der Waals surface area (Å²) in [5.74, 6) is 0.548. The first-order valence-electron chi connectivity index (χ1n) is 7.69. The maximum atomic E-state index is 12.2. The SMILES string of the molecule is CC(=O)Oc1cccc(/C=C2/N=C(SCc3ccccc3)SC2=O)c1Cl. The average molecular weight is 404 g/mol. The number of aliphatic imine (C=N–C) groups is 1. The second-order valence-electron chi connectivity index (χ2n) is 5.32. The van der Waals surface area contributed by atoms with Crippen molar-refractivity contribution in [3.05, 3.63) is 70.4 Å². The van der Waals surface area contributed by atoms with E-state index in [1.807, 2.05) is 30.3 Å². The number of nitrogens with zero attached hydrogens (tertiary/aromatic N) is 1. The molecule has 0 aliphatic carbocycles. The third-order valence-electron chi connectivity index (χ3n) is 3.35. The number of hydrogen-bond donors (Lipinski definition) is 0. The fourth-order valence-electron chi connectivity index (χ4n) is 2.19. The van der Waals surface area contributed by atoms with E-state index in [0.29, 0.717) is 15.6 Å². The van der Waals surface area contributed by atoms with Gasteiger partial charge < -0.3 is 4.74 Å². The van der Waals surface area contributed by atoms with E-state index in [1.165, 1.54) is 24.2 Å². The van der Waals surface area contributed by atoms with Crippen LogP contribution < -0.4 is 4.74 Å². The van der Waals surface area contributed by atoms with E-state index >= 15 is 0 Å². The molecule has 2 aromatic carbocycles. The van der Waals surface area contributed by atoms with E-state index in [9.17, 15) is 9.59 Å². The lowest BCUT2D eigenvalue weighted by molar-refractivity contribution is -0.131. The molecule has 4 nitrogen and oxygen atoms in total. The molecule has 0 N–H and O–H groups in total. The molecule has 0 saturated heterocycles. The Hall–Kier alpha value is -2.02. The zero-order valence-electron chi connectivity index (χ0n) is 13.8. The van der Waals surface area contributed by atoms with Crippen LogP contribution in [0.4, 0.5) is 0 Å². The van der Waals surface area contributed by atoms with Gasteiger partial charge in [0, 0.05) is 12.7 Å². The summed E-state index contributed by atoms with van der Waals surface area (Å²) in [7, 11) is 0. The predicted molar refractivity (Wildman–Crippen MR) is 109 cm³/mol. The second kappa shape index (κ2) is 8.58. The van der Waals surface area contributed by atoms with Gasteiger partial charge in [-0.15, -0.1) is 0 Å². The van der Waals surface area contributed by atoms with E-state index in [4.69, 9.17) is 16.3 Å². The van der Waals surface area contributed by atoms with E-state index in [0.717, 1.165) is 17.5 Å². The van der Waals surface area contributed by atoms with Gasteiger partial charge in [0.25, 0.3) is 0 Å². The Bertz CT molecular complexity index is 910. The van der Waals surface area contributed by atoms with Crippen molar-refractivity contribution in [1.82, 2.24) is 0 Å². The Morgan fingerprint density at radius 3 is 2.73 bits per heavy atom. The Kier molecular flexibility index (Phi) is 6.19. The molecule has 0 amide bonds. The highest BCUT2D eigenvalue weighted by atomic mass is 35.5. The summed E-state index contributed by atoms with van der Waals surface area (Å²) >= 11 is 8.89. The second-order valence-corrected chi connectivity index (χ2v) is 7.89. The molecular weight excluding hydrogens is 390 g/mol. The van der Waals surface area contributed by atoms with Gasteiger partial charge in [0.15, 0.2) is 0 Å². The molecule has 0 unspecified atom stereocenters. The molecule has 0 spiro atoms. The van der Waals surface area contributed by atoms with Crippen LogP contribution in [0.15, 0.2) is 59.2 Å². The fraction of sp³-hybridized carbons (Fsp3) is 0.105. The van der Waals surface area contributed by atoms with Gasteiger partial charge in [0.2, 0.25) is 5.12 Å². The lowest BCUT2D eigenvalue weighted by atomic mass is 10.2. The van der Waals surface area contributed by atoms with Crippen molar-refractivity contribution in [2.75, 3.05) is 0 Å². The third kappa shape index (κ3) is 4.78. The van der Waals surface area contributed by atoms with Crippen LogP contribution in [0.1, 0.15) is 18.1 Å². The quantitative estimate of drug-likeness (QED) is 0.400. The van der Waals surface area contributed by atoms with Crippen LogP contribution in [0.25, 0.3) is 6.08 Å². The topological polar surface area (TPSA) is 55.7 Å². The molecule has 0 aromatic heterocycles. The molecule has 0 radical (unpaired) electrons. The molecule has 0 fully saturated rings. The summed E-state index contributed by atoms with van der Waals surface area (Å²) in [6.45, 7) is 1.30. The zero-order valence-corrected chi connectivity index (χ0v) is 16.2. The van der Waals surface area contributed by atoms with Crippen molar-refractivity contribution < 1.29 is 14.3 Å². The van der Waals surface area contributed by atoms with Gasteiger partial charge in [0.1, 0.15) is 15.8 Å². The highest BCUT2D eigenvalue weighted by Gasteiger charge is 2.23. The van der Waals surface area contributed by atoms with Crippen LogP contribution in [-0.4, -0.2) is 15.5 Å². The van der Waals surface area contributed by atoms with Gasteiger partial charge in [-0.05, 0) is 35.0 Å². The monoisotopic (exact) mass is 403 g/mol. The predicted octanol–water partition coefficient (Wildman–Crippen LogP) is 5.17. The summed E-state index contributed by atoms with van der Waals surface area (Å²) in [4.78, 5) is 27.7. The smallest absolute Gasteiger partial charge is 0.308 e. The first-order chi connectivity index (χ1) is 12.5. The lowest BCUT2D eigenvalue weighted by Gasteiger charge is -2.06. The molecule has 3 rings (SSSR count). The number of halogens is 1. The first kappa shape index (κ1) is 18.8. The van der Waals surface area contributed by atoms with Crippen LogP contribution in [0.2, 0.25) is 5.02 Å². The summed E-state index contributed by atoms with van der Waals surface area (Å²) in [5, 5.41) is 0.142. The van der Waals surface area contributed by atoms with E-state index in [2.05, 4.69) is 4.99 Å². The Balaban J connectivity index is 1.77. The molecule has 1 aliphatic rings. The van der Waals surface area contributed by atoms with Gasteiger partial charge >= 0.3 is 5.97 Å². The number of carbonyl (C=O) groups is 2. The van der Waals surface area contributed by atoms with E-state index in [-0.39, 0.29) is 15.9 Å². The molecule has 2 aromatic rings. The minimum atomic E-state index is -0.457. The number of hydrogen-bond acceptors (Lipinski definition) is 6. The molecule has 0 bridgehead atoms. The van der Waals surface area contributed by atoms with Crippen LogP contribution >= 0.6 is 35.1 Å². The maximum Gasteiger partial charge on any atom is 0.308 e. The molecule has 7 heteroatoms. The number of thioether (sulfide) groups is 2. The molecule has 0 atom stereocenters. The molecule has 132 valence electrons. The largest absolute Gasteiger partial charge is 0.425 e.